The molecule has 11 nitrogen and oxygen atoms in total. The van der Waals surface area contributed by atoms with Crippen molar-refractivity contribution in [2.75, 3.05) is 56.7 Å². The highest BCUT2D eigenvalue weighted by molar-refractivity contribution is 5.77. The van der Waals surface area contributed by atoms with Crippen LogP contribution in [-0.2, 0) is 11.3 Å². The Kier molecular flexibility index (Phi) is 7.71. The van der Waals surface area contributed by atoms with Crippen molar-refractivity contribution < 1.29 is 9.47 Å². The van der Waals surface area contributed by atoms with Gasteiger partial charge in [0, 0.05) is 49.8 Å². The maximum atomic E-state index is 13.4. The quantitative estimate of drug-likeness (QED) is 0.327. The molecule has 0 unspecified atom stereocenters. The topological polar surface area (TPSA) is 103 Å². The minimum Gasteiger partial charge on any atom is -0.474 e. The van der Waals surface area contributed by atoms with Gasteiger partial charge in [0.25, 0.3) is 5.56 Å². The van der Waals surface area contributed by atoms with Crippen LogP contribution in [0.3, 0.4) is 0 Å². The summed E-state index contributed by atoms with van der Waals surface area (Å²) < 4.78 is 15.0. The number of pyridine rings is 1. The largest absolute Gasteiger partial charge is 0.474 e. The molecule has 3 aromatic heterocycles. The SMILES string of the molecule is C=CCn1c(=O)c2cnc(Nc3ccc(N4CCOCC4)c(C)c3)nc2n1-c1cccc(OC2CCN(C)CC2)n1. The summed E-state index contributed by atoms with van der Waals surface area (Å²) in [5, 5.41) is 3.72. The summed E-state index contributed by atoms with van der Waals surface area (Å²) in [7, 11) is 2.12. The van der Waals surface area contributed by atoms with Crippen LogP contribution in [0.15, 0.2) is 60.0 Å². The molecule has 0 spiro atoms. The zero-order valence-corrected chi connectivity index (χ0v) is 23.6. The highest BCUT2D eigenvalue weighted by Crippen LogP contribution is 2.26. The standard InChI is InChI=1S/C30H36N8O3/c1-4-12-37-29(39)24-20-31-30(32-22-8-9-25(21(2)19-22)36-15-17-40-18-16-36)34-28(24)38(37)26-6-5-7-27(33-26)41-23-10-13-35(3)14-11-23/h4-9,19-20,23H,1,10-18H2,2-3H3,(H,31,32,34). The summed E-state index contributed by atoms with van der Waals surface area (Å²) >= 11 is 0. The van der Waals surface area contributed by atoms with Crippen molar-refractivity contribution in [1.29, 1.82) is 0 Å². The molecule has 1 N–H and O–H groups in total. The van der Waals surface area contributed by atoms with E-state index in [1.165, 1.54) is 5.69 Å². The van der Waals surface area contributed by atoms with E-state index in [0.29, 0.717) is 35.2 Å². The van der Waals surface area contributed by atoms with Gasteiger partial charge in [0.2, 0.25) is 11.8 Å². The molecule has 4 aromatic rings. The number of hydrogen-bond acceptors (Lipinski definition) is 9. The summed E-state index contributed by atoms with van der Waals surface area (Å²) in [5.41, 5.74) is 3.46. The number of likely N-dealkylation sites (tertiary alicyclic amines) is 1. The molecule has 2 aliphatic heterocycles. The summed E-state index contributed by atoms with van der Waals surface area (Å²) in [5.74, 6) is 1.46. The van der Waals surface area contributed by atoms with Crippen molar-refractivity contribution in [2.24, 2.45) is 0 Å². The second-order valence-electron chi connectivity index (χ2n) is 10.6. The third-order valence-electron chi connectivity index (χ3n) is 7.66. The first-order valence-corrected chi connectivity index (χ1v) is 14.1. The monoisotopic (exact) mass is 556 g/mol. The third-order valence-corrected chi connectivity index (χ3v) is 7.66. The van der Waals surface area contributed by atoms with Gasteiger partial charge in [0.15, 0.2) is 11.5 Å². The van der Waals surface area contributed by atoms with E-state index in [1.54, 1.807) is 21.6 Å². The molecule has 214 valence electrons. The summed E-state index contributed by atoms with van der Waals surface area (Å²) in [6.45, 7) is 11.5. The lowest BCUT2D eigenvalue weighted by Crippen LogP contribution is -2.36. The molecule has 6 rings (SSSR count). The fraction of sp³-hybridized carbons (Fsp3) is 0.400. The first-order chi connectivity index (χ1) is 20.0. The normalized spacial score (nSPS) is 16.7. The number of ether oxygens (including phenoxy) is 2. The maximum Gasteiger partial charge on any atom is 0.278 e. The molecule has 0 amide bonds. The number of allylic oxidation sites excluding steroid dienone is 1. The van der Waals surface area contributed by atoms with Gasteiger partial charge in [0.05, 0.1) is 19.8 Å². The molecule has 0 radical (unpaired) electrons. The molecular formula is C30H36N8O3. The second kappa shape index (κ2) is 11.7. The molecule has 1 aromatic carbocycles. The van der Waals surface area contributed by atoms with E-state index in [2.05, 4.69) is 52.8 Å². The number of nitrogens with zero attached hydrogens (tertiary/aromatic N) is 7. The first kappa shape index (κ1) is 27.0. The maximum absolute atomic E-state index is 13.4. The van der Waals surface area contributed by atoms with Gasteiger partial charge in [-0.3, -0.25) is 4.79 Å². The fourth-order valence-electron chi connectivity index (χ4n) is 5.49. The molecule has 5 heterocycles. The smallest absolute Gasteiger partial charge is 0.278 e. The van der Waals surface area contributed by atoms with E-state index < -0.39 is 0 Å². The van der Waals surface area contributed by atoms with Gasteiger partial charge in [-0.2, -0.15) is 9.97 Å². The van der Waals surface area contributed by atoms with Crippen LogP contribution in [-0.4, -0.2) is 81.8 Å². The van der Waals surface area contributed by atoms with Crippen LogP contribution < -0.4 is 20.5 Å². The highest BCUT2D eigenvalue weighted by atomic mass is 16.5. The number of benzene rings is 1. The average Bonchev–Trinajstić information content (AvgIpc) is 3.25. The number of aryl methyl sites for hydroxylation is 1. The summed E-state index contributed by atoms with van der Waals surface area (Å²) in [4.78, 5) is 32.0. The van der Waals surface area contributed by atoms with Crippen LogP contribution in [0.1, 0.15) is 18.4 Å². The zero-order valence-electron chi connectivity index (χ0n) is 23.6. The number of rotatable bonds is 8. The van der Waals surface area contributed by atoms with E-state index in [0.717, 1.165) is 63.5 Å². The Morgan fingerprint density at radius 3 is 2.68 bits per heavy atom. The lowest BCUT2D eigenvalue weighted by molar-refractivity contribution is 0.110. The van der Waals surface area contributed by atoms with Crippen molar-refractivity contribution >= 4 is 28.4 Å². The third kappa shape index (κ3) is 5.68. The number of morpholine rings is 1. The minimum atomic E-state index is -0.208. The summed E-state index contributed by atoms with van der Waals surface area (Å²) in [6.07, 6.45) is 5.26. The van der Waals surface area contributed by atoms with Gasteiger partial charge in [-0.15, -0.1) is 6.58 Å². The predicted octanol–water partition coefficient (Wildman–Crippen LogP) is 3.52. The predicted molar refractivity (Wildman–Crippen MR) is 160 cm³/mol. The van der Waals surface area contributed by atoms with Crippen LogP contribution in [0.25, 0.3) is 16.9 Å². The van der Waals surface area contributed by atoms with Crippen LogP contribution in [0, 0.1) is 6.92 Å². The van der Waals surface area contributed by atoms with E-state index in [1.807, 2.05) is 24.3 Å². The molecular weight excluding hydrogens is 520 g/mol. The van der Waals surface area contributed by atoms with E-state index in [4.69, 9.17) is 19.4 Å². The summed E-state index contributed by atoms with van der Waals surface area (Å²) in [6, 6.07) is 11.8. The highest BCUT2D eigenvalue weighted by Gasteiger charge is 2.21. The molecule has 2 aliphatic rings. The van der Waals surface area contributed by atoms with Gasteiger partial charge >= 0.3 is 0 Å². The molecule has 2 saturated heterocycles. The lowest BCUT2D eigenvalue weighted by Gasteiger charge is -2.30. The Morgan fingerprint density at radius 2 is 1.93 bits per heavy atom. The van der Waals surface area contributed by atoms with Gasteiger partial charge in [-0.1, -0.05) is 12.1 Å². The van der Waals surface area contributed by atoms with Crippen molar-refractivity contribution in [1.82, 2.24) is 29.2 Å². The molecule has 2 fully saturated rings. The molecule has 41 heavy (non-hydrogen) atoms. The Balaban J connectivity index is 1.32. The number of fused-ring (bicyclic) bond motifs is 1. The number of anilines is 3. The fourth-order valence-corrected chi connectivity index (χ4v) is 5.49. The van der Waals surface area contributed by atoms with Crippen LogP contribution in [0.4, 0.5) is 17.3 Å². The van der Waals surface area contributed by atoms with Crippen LogP contribution in [0.5, 0.6) is 5.88 Å². The number of nitrogens with one attached hydrogen (secondary N) is 1. The van der Waals surface area contributed by atoms with Crippen molar-refractivity contribution in [3.63, 3.8) is 0 Å². The minimum absolute atomic E-state index is 0.113. The number of hydrogen-bond donors (Lipinski definition) is 1. The molecule has 0 saturated carbocycles. The Hall–Kier alpha value is -4.22. The van der Waals surface area contributed by atoms with E-state index in [9.17, 15) is 4.79 Å². The van der Waals surface area contributed by atoms with Crippen molar-refractivity contribution in [2.45, 2.75) is 32.4 Å². The van der Waals surface area contributed by atoms with Gasteiger partial charge < -0.3 is 24.6 Å². The van der Waals surface area contributed by atoms with E-state index >= 15 is 0 Å². The van der Waals surface area contributed by atoms with Crippen LogP contribution in [0.2, 0.25) is 0 Å². The number of piperidine rings is 1. The van der Waals surface area contributed by atoms with Crippen molar-refractivity contribution in [3.8, 4) is 11.7 Å². The molecule has 0 aliphatic carbocycles. The Morgan fingerprint density at radius 1 is 1.12 bits per heavy atom. The Labute approximate surface area is 239 Å². The van der Waals surface area contributed by atoms with Gasteiger partial charge in [-0.05, 0) is 56.6 Å². The number of aromatic nitrogens is 5. The van der Waals surface area contributed by atoms with Gasteiger partial charge in [-0.25, -0.2) is 14.3 Å². The zero-order chi connectivity index (χ0) is 28.3. The average molecular weight is 557 g/mol. The van der Waals surface area contributed by atoms with E-state index in [-0.39, 0.29) is 11.7 Å². The molecule has 0 atom stereocenters. The molecule has 11 heteroatoms. The second-order valence-corrected chi connectivity index (χ2v) is 10.6. The van der Waals surface area contributed by atoms with Gasteiger partial charge in [0.1, 0.15) is 11.5 Å². The first-order valence-electron chi connectivity index (χ1n) is 14.1. The lowest BCUT2D eigenvalue weighted by atomic mass is 10.1. The van der Waals surface area contributed by atoms with Crippen molar-refractivity contribution in [3.05, 3.63) is 71.2 Å². The molecule has 0 bridgehead atoms. The van der Waals surface area contributed by atoms with Crippen LogP contribution >= 0.6 is 0 Å². The Bertz CT molecular complexity index is 1600.